The van der Waals surface area contributed by atoms with Crippen LogP contribution in [0.1, 0.15) is 54.6 Å². The van der Waals surface area contributed by atoms with Crippen LogP contribution in [0, 0.1) is 25.7 Å². The topological polar surface area (TPSA) is 42.0 Å². The Labute approximate surface area is 171 Å². The van der Waals surface area contributed by atoms with Gasteiger partial charge in [0.05, 0.1) is 21.7 Å². The van der Waals surface area contributed by atoms with Crippen LogP contribution in [0.2, 0.25) is 0 Å². The molecule has 1 aliphatic rings. The lowest BCUT2D eigenvalue weighted by molar-refractivity contribution is 0.0892. The summed E-state index contributed by atoms with van der Waals surface area (Å²) in [5.74, 6) is 1.19. The van der Waals surface area contributed by atoms with Gasteiger partial charge >= 0.3 is 0 Å². The molecule has 0 saturated heterocycles. The molecule has 146 valence electrons. The highest BCUT2D eigenvalue weighted by Gasteiger charge is 2.29. The zero-order chi connectivity index (χ0) is 19.8. The summed E-state index contributed by atoms with van der Waals surface area (Å²) in [5.41, 5.74) is 4.89. The summed E-state index contributed by atoms with van der Waals surface area (Å²) in [4.78, 5) is 19.3. The van der Waals surface area contributed by atoms with Crippen molar-refractivity contribution in [2.75, 3.05) is 0 Å². The highest BCUT2D eigenvalue weighted by atomic mass is 32.1. The Bertz CT molecular complexity index is 1010. The van der Waals surface area contributed by atoms with E-state index in [0.717, 1.165) is 33.5 Å². The van der Waals surface area contributed by atoms with Crippen molar-refractivity contribution in [2.45, 2.75) is 53.0 Å². The smallest absolute Gasteiger partial charge is 0.252 e. The van der Waals surface area contributed by atoms with Crippen LogP contribution in [0.3, 0.4) is 0 Å². The molecule has 3 unspecified atom stereocenters. The lowest BCUT2D eigenvalue weighted by atomic mass is 9.78. The van der Waals surface area contributed by atoms with Gasteiger partial charge in [-0.3, -0.25) is 4.79 Å². The number of aryl methyl sites for hydroxylation is 2. The molecule has 3 aromatic rings. The number of carbonyl (C=O) groups excluding carboxylic acids is 1. The molecule has 4 heteroatoms. The highest BCUT2D eigenvalue weighted by Crippen LogP contribution is 2.32. The number of hydrogen-bond donors (Lipinski definition) is 1. The first-order valence-electron chi connectivity index (χ1n) is 10.2. The SMILES string of the molecule is Cc1cc2nc(-c3cccs3)cc(C(=O)NC3CCCC(C)C3C)c2cc1C. The molecule has 1 saturated carbocycles. The maximum absolute atomic E-state index is 13.4. The summed E-state index contributed by atoms with van der Waals surface area (Å²) in [7, 11) is 0. The fourth-order valence-corrected chi connectivity index (χ4v) is 4.94. The van der Waals surface area contributed by atoms with E-state index in [1.54, 1.807) is 11.3 Å². The van der Waals surface area contributed by atoms with E-state index in [2.05, 4.69) is 51.2 Å². The van der Waals surface area contributed by atoms with Crippen LogP contribution >= 0.6 is 11.3 Å². The molecule has 0 aliphatic heterocycles. The number of carbonyl (C=O) groups is 1. The molecule has 2 heterocycles. The molecular weight excluding hydrogens is 364 g/mol. The Kier molecular flexibility index (Phi) is 5.24. The molecule has 4 rings (SSSR count). The average Bonchev–Trinajstić information content (AvgIpc) is 3.20. The number of nitrogens with one attached hydrogen (secondary N) is 1. The highest BCUT2D eigenvalue weighted by molar-refractivity contribution is 7.13. The fourth-order valence-electron chi connectivity index (χ4n) is 4.26. The van der Waals surface area contributed by atoms with E-state index in [-0.39, 0.29) is 11.9 Å². The second kappa shape index (κ2) is 7.67. The molecule has 0 radical (unpaired) electrons. The van der Waals surface area contributed by atoms with E-state index in [9.17, 15) is 4.79 Å². The zero-order valence-corrected chi connectivity index (χ0v) is 17.9. The lowest BCUT2D eigenvalue weighted by Crippen LogP contribution is -2.43. The lowest BCUT2D eigenvalue weighted by Gasteiger charge is -2.34. The largest absolute Gasteiger partial charge is 0.349 e. The minimum atomic E-state index is 0.0272. The van der Waals surface area contributed by atoms with Crippen molar-refractivity contribution in [1.29, 1.82) is 0 Å². The number of hydrogen-bond acceptors (Lipinski definition) is 3. The van der Waals surface area contributed by atoms with Crippen LogP contribution in [0.5, 0.6) is 0 Å². The molecule has 1 amide bonds. The maximum atomic E-state index is 13.4. The predicted octanol–water partition coefficient (Wildman–Crippen LogP) is 6.13. The number of aromatic nitrogens is 1. The van der Waals surface area contributed by atoms with Crippen LogP contribution in [0.4, 0.5) is 0 Å². The monoisotopic (exact) mass is 392 g/mol. The number of rotatable bonds is 3. The second-order valence-electron chi connectivity index (χ2n) is 8.33. The van der Waals surface area contributed by atoms with Gasteiger partial charge in [0.25, 0.3) is 5.91 Å². The van der Waals surface area contributed by atoms with Crippen molar-refractivity contribution in [3.8, 4) is 10.6 Å². The van der Waals surface area contributed by atoms with Crippen molar-refractivity contribution in [2.24, 2.45) is 11.8 Å². The summed E-state index contributed by atoms with van der Waals surface area (Å²) in [6.45, 7) is 8.75. The zero-order valence-electron chi connectivity index (χ0n) is 17.1. The molecule has 0 spiro atoms. The molecule has 1 aromatic carbocycles. The van der Waals surface area contributed by atoms with Gasteiger partial charge in [0.2, 0.25) is 0 Å². The number of pyridine rings is 1. The van der Waals surface area contributed by atoms with E-state index in [0.29, 0.717) is 11.8 Å². The van der Waals surface area contributed by atoms with E-state index in [1.807, 2.05) is 17.5 Å². The number of fused-ring (bicyclic) bond motifs is 1. The predicted molar refractivity (Wildman–Crippen MR) is 118 cm³/mol. The summed E-state index contributed by atoms with van der Waals surface area (Å²) >= 11 is 1.65. The number of benzene rings is 1. The fraction of sp³-hybridized carbons (Fsp3) is 0.417. The van der Waals surface area contributed by atoms with Gasteiger partial charge in [-0.2, -0.15) is 0 Å². The number of nitrogens with zero attached hydrogens (tertiary/aromatic N) is 1. The van der Waals surface area contributed by atoms with Crippen molar-refractivity contribution in [3.05, 3.63) is 52.4 Å². The third kappa shape index (κ3) is 3.58. The third-order valence-electron chi connectivity index (χ3n) is 6.47. The first-order chi connectivity index (χ1) is 13.4. The van der Waals surface area contributed by atoms with Crippen molar-refractivity contribution in [1.82, 2.24) is 10.3 Å². The van der Waals surface area contributed by atoms with E-state index >= 15 is 0 Å². The number of thiophene rings is 1. The summed E-state index contributed by atoms with van der Waals surface area (Å²) < 4.78 is 0. The van der Waals surface area contributed by atoms with Gasteiger partial charge in [0, 0.05) is 11.4 Å². The maximum Gasteiger partial charge on any atom is 0.252 e. The Morgan fingerprint density at radius 1 is 1.14 bits per heavy atom. The van der Waals surface area contributed by atoms with Gasteiger partial charge in [-0.1, -0.05) is 32.8 Å². The van der Waals surface area contributed by atoms with Crippen LogP contribution in [-0.4, -0.2) is 16.9 Å². The number of amides is 1. The van der Waals surface area contributed by atoms with Crippen LogP contribution in [-0.2, 0) is 0 Å². The molecule has 0 bridgehead atoms. The van der Waals surface area contributed by atoms with Crippen molar-refractivity contribution < 1.29 is 4.79 Å². The van der Waals surface area contributed by atoms with Crippen LogP contribution in [0.15, 0.2) is 35.7 Å². The minimum Gasteiger partial charge on any atom is -0.349 e. The van der Waals surface area contributed by atoms with E-state index < -0.39 is 0 Å². The van der Waals surface area contributed by atoms with Gasteiger partial charge in [0.15, 0.2) is 0 Å². The van der Waals surface area contributed by atoms with E-state index in [4.69, 9.17) is 4.98 Å². The Morgan fingerprint density at radius 2 is 1.93 bits per heavy atom. The first kappa shape index (κ1) is 19.1. The molecule has 1 fully saturated rings. The molecule has 2 aromatic heterocycles. The molecule has 3 nitrogen and oxygen atoms in total. The van der Waals surface area contributed by atoms with Crippen molar-refractivity contribution in [3.63, 3.8) is 0 Å². The first-order valence-corrected chi connectivity index (χ1v) is 11.1. The third-order valence-corrected chi connectivity index (χ3v) is 7.36. The molecule has 1 N–H and O–H groups in total. The second-order valence-corrected chi connectivity index (χ2v) is 9.28. The van der Waals surface area contributed by atoms with Gasteiger partial charge in [-0.15, -0.1) is 11.3 Å². The van der Waals surface area contributed by atoms with Crippen molar-refractivity contribution >= 4 is 28.1 Å². The molecule has 28 heavy (non-hydrogen) atoms. The van der Waals surface area contributed by atoms with Crippen LogP contribution in [0.25, 0.3) is 21.5 Å². The minimum absolute atomic E-state index is 0.0272. The molecular formula is C24H28N2OS. The summed E-state index contributed by atoms with van der Waals surface area (Å²) in [6.07, 6.45) is 3.51. The standard InChI is InChI=1S/C24H28N2OS/c1-14-7-5-8-20(17(14)4)26-24(27)19-13-22(23-9-6-10-28-23)25-21-12-16(3)15(2)11-18(19)21/h6,9-14,17,20H,5,7-8H2,1-4H3,(H,26,27). The van der Waals surface area contributed by atoms with Crippen LogP contribution < -0.4 is 5.32 Å². The summed E-state index contributed by atoms with van der Waals surface area (Å²) in [5, 5.41) is 6.34. The Hall–Kier alpha value is -2.20. The van der Waals surface area contributed by atoms with Gasteiger partial charge in [0.1, 0.15) is 0 Å². The molecule has 3 atom stereocenters. The summed E-state index contributed by atoms with van der Waals surface area (Å²) in [6, 6.07) is 10.5. The Morgan fingerprint density at radius 3 is 2.68 bits per heavy atom. The Balaban J connectivity index is 1.77. The van der Waals surface area contributed by atoms with Gasteiger partial charge in [-0.25, -0.2) is 4.98 Å². The van der Waals surface area contributed by atoms with Gasteiger partial charge < -0.3 is 5.32 Å². The normalized spacial score (nSPS) is 22.4. The van der Waals surface area contributed by atoms with Gasteiger partial charge in [-0.05, 0) is 72.9 Å². The quantitative estimate of drug-likeness (QED) is 0.582. The average molecular weight is 393 g/mol. The van der Waals surface area contributed by atoms with E-state index in [1.165, 1.54) is 24.0 Å². The molecule has 1 aliphatic carbocycles.